The topological polar surface area (TPSA) is 133 Å². The number of unbranched alkanes of at least 4 members (excludes halogenated alkanes) is 2. The summed E-state index contributed by atoms with van der Waals surface area (Å²) in [7, 11) is 6.54. The van der Waals surface area contributed by atoms with Gasteiger partial charge in [-0.25, -0.2) is 0 Å². The standard InChI is InChI=1S/C32H41N5O6/c1-19-16-28(36-37(19)3)35-29(40)10-8-7-9-15-33-25-14-12-22-23(18-26(25)39)24(34-20(2)38)13-11-21-17-27(41-4)31(42-5)32(43-6)30(21)22/h12,14,16-18,24H,7-11,13,15H2,1-6H3,(H,33,39)(H,34,38)(H,35,36,40). The van der Waals surface area contributed by atoms with Crippen molar-refractivity contribution >= 4 is 23.3 Å². The highest BCUT2D eigenvalue weighted by molar-refractivity contribution is 5.89. The zero-order chi connectivity index (χ0) is 31.1. The fourth-order valence-corrected chi connectivity index (χ4v) is 5.49. The van der Waals surface area contributed by atoms with Crippen molar-refractivity contribution in [3.8, 4) is 28.4 Å². The molecule has 1 aromatic heterocycles. The van der Waals surface area contributed by atoms with Gasteiger partial charge in [0.2, 0.25) is 23.0 Å². The predicted molar refractivity (Wildman–Crippen MR) is 166 cm³/mol. The molecule has 0 aliphatic heterocycles. The first kappa shape index (κ1) is 31.4. The van der Waals surface area contributed by atoms with E-state index in [1.54, 1.807) is 38.1 Å². The number of hydrogen-bond donors (Lipinski definition) is 3. The number of amides is 2. The van der Waals surface area contributed by atoms with Gasteiger partial charge in [-0.15, -0.1) is 0 Å². The molecular formula is C32H41N5O6. The third-order valence-electron chi connectivity index (χ3n) is 7.69. The number of methoxy groups -OCH3 is 3. The maximum absolute atomic E-state index is 13.4. The molecule has 0 saturated carbocycles. The lowest BCUT2D eigenvalue weighted by atomic mass is 9.95. The molecule has 0 fully saturated rings. The number of ether oxygens (including phenoxy) is 3. The summed E-state index contributed by atoms with van der Waals surface area (Å²) in [6.07, 6.45) is 3.96. The van der Waals surface area contributed by atoms with Crippen LogP contribution in [0.5, 0.6) is 17.2 Å². The smallest absolute Gasteiger partial charge is 0.225 e. The molecular weight excluding hydrogens is 550 g/mol. The zero-order valence-electron chi connectivity index (χ0n) is 25.8. The van der Waals surface area contributed by atoms with E-state index in [1.165, 1.54) is 6.92 Å². The minimum atomic E-state index is -0.365. The van der Waals surface area contributed by atoms with Crippen molar-refractivity contribution in [2.45, 2.75) is 58.4 Å². The molecule has 0 radical (unpaired) electrons. The number of fused-ring (bicyclic) bond motifs is 3. The van der Waals surface area contributed by atoms with Gasteiger partial charge in [0, 0.05) is 44.3 Å². The molecule has 230 valence electrons. The van der Waals surface area contributed by atoms with Crippen molar-refractivity contribution in [2.75, 3.05) is 38.5 Å². The Morgan fingerprint density at radius 2 is 1.79 bits per heavy atom. The highest BCUT2D eigenvalue weighted by Gasteiger charge is 2.29. The van der Waals surface area contributed by atoms with Gasteiger partial charge in [-0.2, -0.15) is 5.10 Å². The lowest BCUT2D eigenvalue weighted by molar-refractivity contribution is -0.119. The summed E-state index contributed by atoms with van der Waals surface area (Å²) in [5.74, 6) is 1.84. The Kier molecular flexibility index (Phi) is 10.3. The van der Waals surface area contributed by atoms with Crippen LogP contribution in [0.1, 0.15) is 61.9 Å². The van der Waals surface area contributed by atoms with Crippen LogP contribution in [0.25, 0.3) is 11.1 Å². The molecule has 1 heterocycles. The third-order valence-corrected chi connectivity index (χ3v) is 7.69. The summed E-state index contributed by atoms with van der Waals surface area (Å²) < 4.78 is 18.8. The van der Waals surface area contributed by atoms with Crippen molar-refractivity contribution in [2.24, 2.45) is 7.05 Å². The molecule has 3 aromatic rings. The number of benzene rings is 1. The molecule has 43 heavy (non-hydrogen) atoms. The highest BCUT2D eigenvalue weighted by atomic mass is 16.5. The summed E-state index contributed by atoms with van der Waals surface area (Å²) >= 11 is 0. The van der Waals surface area contributed by atoms with E-state index in [4.69, 9.17) is 14.2 Å². The highest BCUT2D eigenvalue weighted by Crippen LogP contribution is 2.50. The SMILES string of the molecule is COc1cc2c(c(OC)c1OC)-c1ccc(NCCCCCC(=O)Nc3cc(C)n(C)n3)c(=O)cc1C(NC(C)=O)CC2. The quantitative estimate of drug-likeness (QED) is 0.262. The van der Waals surface area contributed by atoms with E-state index >= 15 is 0 Å². The Balaban J connectivity index is 1.51. The van der Waals surface area contributed by atoms with Gasteiger partial charge in [0.15, 0.2) is 17.3 Å². The van der Waals surface area contributed by atoms with Crippen LogP contribution in [0.2, 0.25) is 0 Å². The molecule has 0 saturated heterocycles. The number of rotatable bonds is 12. The van der Waals surface area contributed by atoms with Gasteiger partial charge in [0.05, 0.1) is 33.1 Å². The molecule has 2 aromatic carbocycles. The minimum absolute atomic E-state index is 0.0665. The lowest BCUT2D eigenvalue weighted by Gasteiger charge is -2.19. The Labute approximate surface area is 251 Å². The molecule has 1 unspecified atom stereocenters. The van der Waals surface area contributed by atoms with Crippen LogP contribution in [0.3, 0.4) is 0 Å². The fraction of sp³-hybridized carbons (Fsp3) is 0.438. The summed E-state index contributed by atoms with van der Waals surface area (Å²) in [5, 5.41) is 13.4. The second kappa shape index (κ2) is 14.1. The Morgan fingerprint density at radius 3 is 2.44 bits per heavy atom. The maximum Gasteiger partial charge on any atom is 0.225 e. The van der Waals surface area contributed by atoms with E-state index < -0.39 is 0 Å². The van der Waals surface area contributed by atoms with Gasteiger partial charge < -0.3 is 30.2 Å². The normalized spacial score (nSPS) is 13.7. The van der Waals surface area contributed by atoms with Gasteiger partial charge >= 0.3 is 0 Å². The van der Waals surface area contributed by atoms with Crippen molar-refractivity contribution in [1.82, 2.24) is 15.1 Å². The molecule has 1 atom stereocenters. The van der Waals surface area contributed by atoms with Gasteiger partial charge in [0.1, 0.15) is 0 Å². The number of aryl methyl sites for hydroxylation is 3. The second-order valence-electron chi connectivity index (χ2n) is 10.7. The monoisotopic (exact) mass is 591 g/mol. The lowest BCUT2D eigenvalue weighted by Crippen LogP contribution is -2.26. The van der Waals surface area contributed by atoms with Crippen LogP contribution < -0.4 is 35.6 Å². The molecule has 2 amide bonds. The number of carbonyl (C=O) groups is 2. The third kappa shape index (κ3) is 7.28. The maximum atomic E-state index is 13.4. The van der Waals surface area contributed by atoms with Gasteiger partial charge in [-0.05, 0) is 67.5 Å². The van der Waals surface area contributed by atoms with Gasteiger partial charge in [-0.1, -0.05) is 12.5 Å². The van der Waals surface area contributed by atoms with E-state index in [2.05, 4.69) is 21.0 Å². The first-order chi connectivity index (χ1) is 20.7. The minimum Gasteiger partial charge on any atom is -0.493 e. The summed E-state index contributed by atoms with van der Waals surface area (Å²) in [4.78, 5) is 37.8. The van der Waals surface area contributed by atoms with Gasteiger partial charge in [0.25, 0.3) is 0 Å². The van der Waals surface area contributed by atoms with Crippen LogP contribution in [-0.2, 0) is 23.1 Å². The number of nitrogens with one attached hydrogen (secondary N) is 3. The van der Waals surface area contributed by atoms with Crippen LogP contribution in [-0.4, -0.2) is 49.5 Å². The first-order valence-electron chi connectivity index (χ1n) is 14.5. The molecule has 11 heteroatoms. The average molecular weight is 592 g/mol. The fourth-order valence-electron chi connectivity index (χ4n) is 5.49. The first-order valence-corrected chi connectivity index (χ1v) is 14.5. The van der Waals surface area contributed by atoms with Crippen LogP contribution in [0, 0.1) is 6.92 Å². The summed E-state index contributed by atoms with van der Waals surface area (Å²) in [6.45, 7) is 3.98. The molecule has 0 bridgehead atoms. The van der Waals surface area contributed by atoms with Crippen molar-refractivity contribution < 1.29 is 23.8 Å². The summed E-state index contributed by atoms with van der Waals surface area (Å²) in [6, 6.07) is 8.68. The van der Waals surface area contributed by atoms with Crippen LogP contribution in [0.15, 0.2) is 35.1 Å². The molecule has 11 nitrogen and oxygen atoms in total. The number of carbonyl (C=O) groups excluding carboxylic acids is 2. The zero-order valence-corrected chi connectivity index (χ0v) is 25.8. The van der Waals surface area contributed by atoms with E-state index in [0.29, 0.717) is 60.1 Å². The molecule has 0 spiro atoms. The Morgan fingerprint density at radius 1 is 1.02 bits per heavy atom. The molecule has 3 N–H and O–H groups in total. The molecule has 1 aliphatic rings. The summed E-state index contributed by atoms with van der Waals surface area (Å²) in [5.41, 5.74) is 4.53. The Bertz CT molecular complexity index is 1530. The van der Waals surface area contributed by atoms with E-state index in [-0.39, 0.29) is 23.3 Å². The van der Waals surface area contributed by atoms with E-state index in [9.17, 15) is 14.4 Å². The number of nitrogens with zero attached hydrogens (tertiary/aromatic N) is 2. The second-order valence-corrected chi connectivity index (χ2v) is 10.7. The number of aromatic nitrogens is 2. The largest absolute Gasteiger partial charge is 0.493 e. The van der Waals surface area contributed by atoms with E-state index in [1.807, 2.05) is 32.2 Å². The number of hydrogen-bond acceptors (Lipinski definition) is 8. The molecule has 4 rings (SSSR count). The predicted octanol–water partition coefficient (Wildman–Crippen LogP) is 4.52. The van der Waals surface area contributed by atoms with E-state index in [0.717, 1.165) is 41.6 Å². The molecule has 1 aliphatic carbocycles. The number of anilines is 2. The van der Waals surface area contributed by atoms with Gasteiger partial charge in [-0.3, -0.25) is 19.1 Å². The Hall–Kier alpha value is -4.54. The van der Waals surface area contributed by atoms with Crippen molar-refractivity contribution in [3.05, 3.63) is 57.4 Å². The van der Waals surface area contributed by atoms with Crippen LogP contribution >= 0.6 is 0 Å². The average Bonchev–Trinajstić information content (AvgIpc) is 3.11. The van der Waals surface area contributed by atoms with Crippen molar-refractivity contribution in [1.29, 1.82) is 0 Å². The van der Waals surface area contributed by atoms with Crippen LogP contribution in [0.4, 0.5) is 11.5 Å². The van der Waals surface area contributed by atoms with Crippen molar-refractivity contribution in [3.63, 3.8) is 0 Å².